The Morgan fingerprint density at radius 1 is 1.15 bits per heavy atom. The molecule has 2 aliphatic heterocycles. The van der Waals surface area contributed by atoms with Crippen molar-refractivity contribution < 1.29 is 22.3 Å². The molecule has 0 unspecified atom stereocenters. The summed E-state index contributed by atoms with van der Waals surface area (Å²) in [6.07, 6.45) is 2.75. The molecule has 0 aliphatic carbocycles. The second-order valence-electron chi connectivity index (χ2n) is 10.4. The lowest BCUT2D eigenvalue weighted by molar-refractivity contribution is 0.102. The average molecular weight is 554 g/mol. The molecule has 2 aliphatic rings. The minimum Gasteiger partial charge on any atom is -0.458 e. The molecule has 2 atom stereocenters. The highest BCUT2D eigenvalue weighted by molar-refractivity contribution is 7.92. The Hall–Kier alpha value is -3.84. The molecular weight excluding hydrogens is 525 g/mol. The molecule has 11 nitrogen and oxygen atoms in total. The molecule has 2 aromatic heterocycles. The maximum atomic E-state index is 14.6. The molecule has 0 spiro atoms. The fourth-order valence-corrected chi connectivity index (χ4v) is 6.52. The topological polar surface area (TPSA) is 131 Å². The van der Waals surface area contributed by atoms with Crippen LogP contribution in [-0.4, -0.2) is 76.9 Å². The normalized spacial score (nSPS) is 21.2. The van der Waals surface area contributed by atoms with E-state index in [2.05, 4.69) is 44.4 Å². The third kappa shape index (κ3) is 4.99. The van der Waals surface area contributed by atoms with Crippen molar-refractivity contribution in [2.45, 2.75) is 32.0 Å². The molecule has 204 valence electrons. The Kier molecular flexibility index (Phi) is 6.14. The van der Waals surface area contributed by atoms with Crippen molar-refractivity contribution >= 4 is 48.9 Å². The number of benzene rings is 2. The number of nitrogens with zero attached hydrogens (tertiary/aromatic N) is 5. The van der Waals surface area contributed by atoms with Crippen LogP contribution in [0.3, 0.4) is 0 Å². The number of ether oxygens (including phenoxy) is 1. The first kappa shape index (κ1) is 25.4. The monoisotopic (exact) mass is 553 g/mol. The van der Waals surface area contributed by atoms with Crippen LogP contribution in [0.1, 0.15) is 24.2 Å². The number of fused-ring (bicyclic) bond motifs is 2. The van der Waals surface area contributed by atoms with E-state index in [9.17, 15) is 17.6 Å². The first-order chi connectivity index (χ1) is 18.5. The number of hydrogen-bond donors (Lipinski definition) is 2. The number of rotatable bonds is 5. The van der Waals surface area contributed by atoms with E-state index in [1.54, 1.807) is 31.6 Å². The van der Waals surface area contributed by atoms with Crippen molar-refractivity contribution in [1.29, 1.82) is 0 Å². The molecule has 6 rings (SSSR count). The van der Waals surface area contributed by atoms with Crippen LogP contribution in [0.4, 0.5) is 15.8 Å². The third-order valence-electron chi connectivity index (χ3n) is 6.93. The Labute approximate surface area is 224 Å². The van der Waals surface area contributed by atoms with Gasteiger partial charge in [-0.3, -0.25) is 9.48 Å². The van der Waals surface area contributed by atoms with Gasteiger partial charge in [0.1, 0.15) is 11.6 Å². The van der Waals surface area contributed by atoms with Gasteiger partial charge in [-0.2, -0.15) is 10.1 Å². The standard InChI is InChI=1S/C26H28FN7O4S/c1-14-9-34(10-15(2)29-14)22-5-4-19(24-20(22)8-28-26(31-24)38-18-12-39(36,37)13-18)25(35)30-17-6-16-11-33(3)32-23(16)21(27)7-17/h4-8,11,14-15,18,29H,9-10,12-13H2,1-3H3,(H,30,35)/t14-,15-/m0/s1. The maximum absolute atomic E-state index is 14.6. The number of piperazine rings is 1. The quantitative estimate of drug-likeness (QED) is 0.382. The smallest absolute Gasteiger partial charge is 0.317 e. The Balaban J connectivity index is 1.38. The van der Waals surface area contributed by atoms with E-state index in [1.165, 1.54) is 10.7 Å². The number of sulfone groups is 1. The van der Waals surface area contributed by atoms with Crippen molar-refractivity contribution in [3.05, 3.63) is 48.0 Å². The van der Waals surface area contributed by atoms with Crippen molar-refractivity contribution in [2.24, 2.45) is 7.05 Å². The molecule has 1 amide bonds. The SMILES string of the molecule is C[C@H]1CN(c2ccc(C(=O)Nc3cc(F)c4nn(C)cc4c3)c3nc(OC4CS(=O)(=O)C4)ncc23)C[C@H](C)N1. The van der Waals surface area contributed by atoms with E-state index >= 15 is 0 Å². The van der Waals surface area contributed by atoms with Crippen molar-refractivity contribution in [2.75, 3.05) is 34.8 Å². The van der Waals surface area contributed by atoms with Crippen molar-refractivity contribution in [3.63, 3.8) is 0 Å². The van der Waals surface area contributed by atoms with Crippen LogP contribution in [0.25, 0.3) is 21.8 Å². The number of carbonyl (C=O) groups excluding carboxylic acids is 1. The van der Waals surface area contributed by atoms with Crippen LogP contribution in [0.2, 0.25) is 0 Å². The van der Waals surface area contributed by atoms with Crippen LogP contribution in [-0.2, 0) is 16.9 Å². The van der Waals surface area contributed by atoms with Crippen LogP contribution in [0, 0.1) is 5.82 Å². The Bertz CT molecular complexity index is 1700. The first-order valence-corrected chi connectivity index (χ1v) is 14.5. The lowest BCUT2D eigenvalue weighted by Gasteiger charge is -2.38. The zero-order chi connectivity index (χ0) is 27.5. The van der Waals surface area contributed by atoms with E-state index in [1.807, 2.05) is 6.07 Å². The van der Waals surface area contributed by atoms with Gasteiger partial charge in [0.15, 0.2) is 15.7 Å². The second kappa shape index (κ2) is 9.42. The molecule has 2 saturated heterocycles. The minimum atomic E-state index is -3.09. The number of carbonyl (C=O) groups is 1. The van der Waals surface area contributed by atoms with Crippen LogP contribution in [0.5, 0.6) is 6.01 Å². The molecule has 4 heterocycles. The van der Waals surface area contributed by atoms with Gasteiger partial charge in [-0.05, 0) is 38.1 Å². The fourth-order valence-electron chi connectivity index (χ4n) is 5.35. The van der Waals surface area contributed by atoms with Gasteiger partial charge in [0.05, 0.1) is 22.6 Å². The zero-order valence-corrected chi connectivity index (χ0v) is 22.5. The second-order valence-corrected chi connectivity index (χ2v) is 12.5. The van der Waals surface area contributed by atoms with Gasteiger partial charge in [0.25, 0.3) is 5.91 Å². The summed E-state index contributed by atoms with van der Waals surface area (Å²) in [5.41, 5.74) is 1.99. The molecule has 0 bridgehead atoms. The van der Waals surface area contributed by atoms with Crippen molar-refractivity contribution in [1.82, 2.24) is 25.1 Å². The molecule has 0 radical (unpaired) electrons. The van der Waals surface area contributed by atoms with Gasteiger partial charge < -0.3 is 20.3 Å². The summed E-state index contributed by atoms with van der Waals surface area (Å²) < 4.78 is 45.0. The van der Waals surface area contributed by atoms with Crippen molar-refractivity contribution in [3.8, 4) is 6.01 Å². The highest BCUT2D eigenvalue weighted by Crippen LogP contribution is 2.32. The molecule has 0 saturated carbocycles. The molecule has 2 fully saturated rings. The van der Waals surface area contributed by atoms with Crippen LogP contribution in [0.15, 0.2) is 36.7 Å². The Morgan fingerprint density at radius 2 is 1.90 bits per heavy atom. The van der Waals surface area contributed by atoms with Gasteiger partial charge in [-0.1, -0.05) is 0 Å². The molecule has 13 heteroatoms. The van der Waals surface area contributed by atoms with Crippen LogP contribution >= 0.6 is 0 Å². The number of halogens is 1. The summed E-state index contributed by atoms with van der Waals surface area (Å²) >= 11 is 0. The third-order valence-corrected chi connectivity index (χ3v) is 8.69. The largest absolute Gasteiger partial charge is 0.458 e. The summed E-state index contributed by atoms with van der Waals surface area (Å²) in [5, 5.41) is 11.6. The molecule has 39 heavy (non-hydrogen) atoms. The number of amides is 1. The molecule has 2 aromatic carbocycles. The van der Waals surface area contributed by atoms with E-state index in [0.717, 1.165) is 18.8 Å². The van der Waals surface area contributed by atoms with E-state index in [0.29, 0.717) is 16.3 Å². The summed E-state index contributed by atoms with van der Waals surface area (Å²) in [5.74, 6) is -1.22. The highest BCUT2D eigenvalue weighted by atomic mass is 32.2. The minimum absolute atomic E-state index is 0.00142. The molecule has 4 aromatic rings. The Morgan fingerprint density at radius 3 is 2.62 bits per heavy atom. The predicted molar refractivity (Wildman–Crippen MR) is 146 cm³/mol. The number of aromatic nitrogens is 4. The van der Waals surface area contributed by atoms with Gasteiger partial charge in [-0.25, -0.2) is 17.8 Å². The number of nitrogens with one attached hydrogen (secondary N) is 2. The van der Waals surface area contributed by atoms with Gasteiger partial charge in [0, 0.05) is 66.8 Å². The summed E-state index contributed by atoms with van der Waals surface area (Å²) in [4.78, 5) is 24.6. The summed E-state index contributed by atoms with van der Waals surface area (Å²) in [6.45, 7) is 5.74. The lowest BCUT2D eigenvalue weighted by atomic mass is 10.0. The number of hydrogen-bond acceptors (Lipinski definition) is 9. The highest BCUT2D eigenvalue weighted by Gasteiger charge is 2.36. The molecule has 2 N–H and O–H groups in total. The molecular formula is C26H28FN7O4S. The van der Waals surface area contributed by atoms with Gasteiger partial charge >= 0.3 is 6.01 Å². The van der Waals surface area contributed by atoms with E-state index < -0.39 is 27.7 Å². The summed E-state index contributed by atoms with van der Waals surface area (Å²) in [7, 11) is -1.39. The first-order valence-electron chi connectivity index (χ1n) is 12.7. The van der Waals surface area contributed by atoms with Gasteiger partial charge in [-0.15, -0.1) is 0 Å². The van der Waals surface area contributed by atoms with E-state index in [-0.39, 0.29) is 46.4 Å². The average Bonchev–Trinajstić information content (AvgIpc) is 3.22. The summed E-state index contributed by atoms with van der Waals surface area (Å²) in [6, 6.07) is 6.96. The predicted octanol–water partition coefficient (Wildman–Crippen LogP) is 2.27. The number of anilines is 2. The maximum Gasteiger partial charge on any atom is 0.317 e. The van der Waals surface area contributed by atoms with E-state index in [4.69, 9.17) is 4.74 Å². The zero-order valence-electron chi connectivity index (χ0n) is 21.7. The van der Waals surface area contributed by atoms with Crippen LogP contribution < -0.4 is 20.3 Å². The van der Waals surface area contributed by atoms with Gasteiger partial charge in [0.2, 0.25) is 0 Å². The lowest BCUT2D eigenvalue weighted by Crippen LogP contribution is -2.54. The number of aryl methyl sites for hydroxylation is 1. The fraction of sp³-hybridized carbons (Fsp3) is 0.385.